The number of nitrogens with one attached hydrogen (secondary N) is 1. The Morgan fingerprint density at radius 1 is 1.46 bits per heavy atom. The van der Waals surface area contributed by atoms with Gasteiger partial charge in [0.05, 0.1) is 0 Å². The Morgan fingerprint density at radius 3 is 3.00 bits per heavy atom. The number of hydrogen-bond acceptors (Lipinski definition) is 5. The van der Waals surface area contributed by atoms with Crippen molar-refractivity contribution < 1.29 is 0 Å². The Hall–Kier alpha value is -1.36. The van der Waals surface area contributed by atoms with Crippen molar-refractivity contribution >= 4 is 28.9 Å². The van der Waals surface area contributed by atoms with Crippen LogP contribution in [0.15, 0.2) is 11.3 Å². The summed E-state index contributed by atoms with van der Waals surface area (Å²) in [5.74, 6) is 1.46. The van der Waals surface area contributed by atoms with E-state index in [9.17, 15) is 0 Å². The second kappa shape index (κ2) is 2.85. The van der Waals surface area contributed by atoms with E-state index in [2.05, 4.69) is 20.4 Å². The van der Waals surface area contributed by atoms with E-state index in [1.54, 1.807) is 5.01 Å². The lowest BCUT2D eigenvalue weighted by Gasteiger charge is -2.25. The minimum atomic E-state index is 0.373. The van der Waals surface area contributed by atoms with Gasteiger partial charge in [-0.3, -0.25) is 10.4 Å². The summed E-state index contributed by atoms with van der Waals surface area (Å²) in [5, 5.41) is 2.13. The number of amidine groups is 1. The van der Waals surface area contributed by atoms with Crippen molar-refractivity contribution in [3.63, 3.8) is 0 Å². The molecule has 68 valence electrons. The zero-order valence-electron chi connectivity index (χ0n) is 7.24. The third-order valence-corrected chi connectivity index (χ3v) is 1.96. The smallest absolute Gasteiger partial charge is 0.177 e. The summed E-state index contributed by atoms with van der Waals surface area (Å²) in [6.45, 7) is 1.85. The predicted molar refractivity (Wildman–Crippen MR) is 51.3 cm³/mol. The Kier molecular flexibility index (Phi) is 1.81. The molecule has 0 atom stereocenters. The minimum Gasteiger partial charge on any atom is -0.284 e. The molecule has 2 heterocycles. The van der Waals surface area contributed by atoms with Crippen molar-refractivity contribution in [2.24, 2.45) is 4.99 Å². The van der Waals surface area contributed by atoms with Crippen LogP contribution >= 0.6 is 11.6 Å². The van der Waals surface area contributed by atoms with Crippen molar-refractivity contribution in [2.45, 2.75) is 6.92 Å². The molecule has 13 heavy (non-hydrogen) atoms. The maximum absolute atomic E-state index is 5.86. The minimum absolute atomic E-state index is 0.373. The first-order chi connectivity index (χ1) is 6.18. The summed E-state index contributed by atoms with van der Waals surface area (Å²) in [7, 11) is 1.85. The van der Waals surface area contributed by atoms with Crippen LogP contribution in [0.4, 0.5) is 11.5 Å². The van der Waals surface area contributed by atoms with Gasteiger partial charge in [0.15, 0.2) is 11.0 Å². The number of aromatic nitrogens is 2. The molecule has 1 aromatic heterocycles. The van der Waals surface area contributed by atoms with E-state index in [1.165, 1.54) is 6.33 Å². The number of fused-ring (bicyclic) bond motifs is 1. The van der Waals surface area contributed by atoms with E-state index in [-0.39, 0.29) is 0 Å². The molecule has 0 saturated heterocycles. The standard InChI is InChI=1S/C7H8ClN5/c1-4-11-5-6(8)9-3-10-7(5)13(2)12-4/h3H,1-2H3,(H,11,12). The molecule has 1 aliphatic rings. The van der Waals surface area contributed by atoms with Gasteiger partial charge in [-0.05, 0) is 6.92 Å². The zero-order valence-corrected chi connectivity index (χ0v) is 8.00. The lowest BCUT2D eigenvalue weighted by Crippen LogP contribution is -2.40. The molecule has 2 rings (SSSR count). The molecule has 1 N–H and O–H groups in total. The summed E-state index contributed by atoms with van der Waals surface area (Å²) in [6.07, 6.45) is 1.41. The van der Waals surface area contributed by atoms with Crippen molar-refractivity contribution in [3.05, 3.63) is 11.5 Å². The Labute approximate surface area is 80.4 Å². The molecule has 0 spiro atoms. The van der Waals surface area contributed by atoms with Crippen molar-refractivity contribution in [1.29, 1.82) is 0 Å². The molecule has 0 aliphatic carbocycles. The quantitative estimate of drug-likeness (QED) is 0.634. The van der Waals surface area contributed by atoms with Gasteiger partial charge < -0.3 is 0 Å². The Balaban J connectivity index is 2.62. The van der Waals surface area contributed by atoms with Gasteiger partial charge in [-0.2, -0.15) is 0 Å². The van der Waals surface area contributed by atoms with Crippen LogP contribution < -0.4 is 10.4 Å². The van der Waals surface area contributed by atoms with Gasteiger partial charge in [0.2, 0.25) is 0 Å². The average molecular weight is 198 g/mol. The van der Waals surface area contributed by atoms with Gasteiger partial charge in [-0.25, -0.2) is 15.0 Å². The lowest BCUT2D eigenvalue weighted by molar-refractivity contribution is 0.831. The van der Waals surface area contributed by atoms with E-state index < -0.39 is 0 Å². The number of hydrogen-bond donors (Lipinski definition) is 1. The van der Waals surface area contributed by atoms with Crippen LogP contribution in [0, 0.1) is 0 Å². The van der Waals surface area contributed by atoms with Crippen LogP contribution in [0.3, 0.4) is 0 Å². The maximum Gasteiger partial charge on any atom is 0.177 e. The van der Waals surface area contributed by atoms with Gasteiger partial charge in [-0.1, -0.05) is 11.6 Å². The summed E-state index contributed by atoms with van der Waals surface area (Å²) < 4.78 is 0. The number of anilines is 1. The van der Waals surface area contributed by atoms with Crippen LogP contribution in [0.5, 0.6) is 0 Å². The number of aliphatic imine (C=N–C) groups is 1. The number of halogens is 1. The second-order valence-corrected chi connectivity index (χ2v) is 3.06. The summed E-state index contributed by atoms with van der Waals surface area (Å²) in [6, 6.07) is 0. The third-order valence-electron chi connectivity index (χ3n) is 1.69. The van der Waals surface area contributed by atoms with E-state index in [1.807, 2.05) is 14.0 Å². The SMILES string of the molecule is CC1=Nc2c(Cl)ncnc2N(C)N1. The predicted octanol–water partition coefficient (Wildman–Crippen LogP) is 1.13. The normalized spacial score (nSPS) is 14.7. The fourth-order valence-electron chi connectivity index (χ4n) is 1.18. The lowest BCUT2D eigenvalue weighted by atomic mass is 10.4. The van der Waals surface area contributed by atoms with Crippen LogP contribution in [0.25, 0.3) is 0 Å². The van der Waals surface area contributed by atoms with Crippen LogP contribution in [0.1, 0.15) is 6.92 Å². The van der Waals surface area contributed by atoms with Gasteiger partial charge in [0.1, 0.15) is 17.9 Å². The Bertz CT molecular complexity index is 375. The molecule has 0 bridgehead atoms. The zero-order chi connectivity index (χ0) is 9.42. The highest BCUT2D eigenvalue weighted by molar-refractivity contribution is 6.32. The average Bonchev–Trinajstić information content (AvgIpc) is 2.07. The van der Waals surface area contributed by atoms with E-state index >= 15 is 0 Å². The topological polar surface area (TPSA) is 53.4 Å². The largest absolute Gasteiger partial charge is 0.284 e. The molecule has 6 heteroatoms. The highest BCUT2D eigenvalue weighted by Gasteiger charge is 2.17. The first-order valence-electron chi connectivity index (χ1n) is 3.74. The number of hydrazine groups is 1. The molecule has 0 aromatic carbocycles. The number of rotatable bonds is 0. The van der Waals surface area contributed by atoms with Gasteiger partial charge in [0.25, 0.3) is 0 Å². The highest BCUT2D eigenvalue weighted by atomic mass is 35.5. The van der Waals surface area contributed by atoms with Crippen molar-refractivity contribution in [1.82, 2.24) is 15.4 Å². The summed E-state index contributed by atoms with van der Waals surface area (Å²) in [5.41, 5.74) is 3.61. The summed E-state index contributed by atoms with van der Waals surface area (Å²) >= 11 is 5.86. The van der Waals surface area contributed by atoms with Crippen molar-refractivity contribution in [3.8, 4) is 0 Å². The monoisotopic (exact) mass is 197 g/mol. The molecule has 0 fully saturated rings. The molecule has 5 nitrogen and oxygen atoms in total. The van der Waals surface area contributed by atoms with Gasteiger partial charge in [0, 0.05) is 7.05 Å². The second-order valence-electron chi connectivity index (χ2n) is 2.70. The highest BCUT2D eigenvalue weighted by Crippen LogP contribution is 2.32. The van der Waals surface area contributed by atoms with Crippen LogP contribution in [-0.4, -0.2) is 22.9 Å². The summed E-state index contributed by atoms with van der Waals surface area (Å²) in [4.78, 5) is 12.1. The van der Waals surface area contributed by atoms with Crippen LogP contribution in [-0.2, 0) is 0 Å². The first-order valence-corrected chi connectivity index (χ1v) is 4.12. The van der Waals surface area contributed by atoms with E-state index in [4.69, 9.17) is 11.6 Å². The molecular formula is C7H8ClN5. The first kappa shape index (κ1) is 8.25. The molecule has 0 amide bonds. The van der Waals surface area contributed by atoms with E-state index in [0.29, 0.717) is 16.7 Å². The molecule has 1 aliphatic heterocycles. The fourth-order valence-corrected chi connectivity index (χ4v) is 1.35. The molecule has 0 unspecified atom stereocenters. The molecule has 0 radical (unpaired) electrons. The molecular weight excluding hydrogens is 190 g/mol. The fraction of sp³-hybridized carbons (Fsp3) is 0.286. The molecule has 0 saturated carbocycles. The third kappa shape index (κ3) is 1.31. The molecule has 1 aromatic rings. The van der Waals surface area contributed by atoms with E-state index in [0.717, 1.165) is 5.84 Å². The van der Waals surface area contributed by atoms with Crippen LogP contribution in [0.2, 0.25) is 5.15 Å². The van der Waals surface area contributed by atoms with Gasteiger partial charge >= 0.3 is 0 Å². The maximum atomic E-state index is 5.86. The van der Waals surface area contributed by atoms with Crippen molar-refractivity contribution in [2.75, 3.05) is 12.1 Å². The Morgan fingerprint density at radius 2 is 2.23 bits per heavy atom. The number of nitrogens with zero attached hydrogens (tertiary/aromatic N) is 4. The van der Waals surface area contributed by atoms with Gasteiger partial charge in [-0.15, -0.1) is 0 Å².